The molecule has 146 valence electrons. The molecule has 0 aliphatic rings. The number of nitriles is 1. The summed E-state index contributed by atoms with van der Waals surface area (Å²) < 4.78 is 5.51. The van der Waals surface area contributed by atoms with Crippen molar-refractivity contribution in [2.24, 2.45) is 5.92 Å². The Morgan fingerprint density at radius 1 is 0.966 bits per heavy atom. The number of ether oxygens (including phenoxy) is 1. The number of carbonyl (C=O) groups excluding carboxylic acids is 1. The summed E-state index contributed by atoms with van der Waals surface area (Å²) in [6, 6.07) is 26.7. The molecule has 29 heavy (non-hydrogen) atoms. The third-order valence-corrected chi connectivity index (χ3v) is 4.71. The summed E-state index contributed by atoms with van der Waals surface area (Å²) in [5, 5.41) is 12.6. The Morgan fingerprint density at radius 2 is 1.62 bits per heavy atom. The molecule has 0 bridgehead atoms. The molecular formula is C25H24N2O2. The maximum atomic E-state index is 12.6. The number of anilines is 1. The highest BCUT2D eigenvalue weighted by Gasteiger charge is 2.23. The lowest BCUT2D eigenvalue weighted by Crippen LogP contribution is -2.36. The van der Waals surface area contributed by atoms with E-state index in [9.17, 15) is 10.1 Å². The van der Waals surface area contributed by atoms with Crippen LogP contribution in [0.1, 0.15) is 25.0 Å². The minimum absolute atomic E-state index is 0.0669. The molecule has 3 rings (SSSR count). The normalized spacial score (nSPS) is 11.5. The molecule has 1 unspecified atom stereocenters. The second-order valence-electron chi connectivity index (χ2n) is 7.19. The van der Waals surface area contributed by atoms with Crippen LogP contribution in [-0.2, 0) is 16.1 Å². The van der Waals surface area contributed by atoms with Crippen LogP contribution in [0.15, 0.2) is 78.9 Å². The van der Waals surface area contributed by atoms with E-state index in [4.69, 9.17) is 4.74 Å². The van der Waals surface area contributed by atoms with Crippen molar-refractivity contribution in [1.29, 1.82) is 5.26 Å². The van der Waals surface area contributed by atoms with Gasteiger partial charge in [-0.1, -0.05) is 74.5 Å². The molecule has 0 radical (unpaired) electrons. The molecule has 3 aromatic carbocycles. The molecule has 1 atom stereocenters. The van der Waals surface area contributed by atoms with Crippen LogP contribution in [0.25, 0.3) is 11.1 Å². The molecule has 4 nitrogen and oxygen atoms in total. The van der Waals surface area contributed by atoms with Crippen molar-refractivity contribution < 1.29 is 9.53 Å². The lowest BCUT2D eigenvalue weighted by atomic mass is 9.99. The summed E-state index contributed by atoms with van der Waals surface area (Å²) in [5.41, 5.74) is 4.28. The van der Waals surface area contributed by atoms with E-state index in [2.05, 4.69) is 11.4 Å². The first-order valence-corrected chi connectivity index (χ1v) is 9.65. The second kappa shape index (κ2) is 9.57. The number of nitrogens with one attached hydrogen (secondary N) is 1. The Balaban J connectivity index is 1.69. The number of hydrogen-bond acceptors (Lipinski definition) is 4. The standard InChI is InChI=1S/C25H24N2O2/c1-18(2)24(25(28)29-17-19-8-4-3-5-9-19)27-22-14-12-20(13-15-22)23-11-7-6-10-21(23)16-26/h3-15,18,24,27H,17H2,1-2H3. The lowest BCUT2D eigenvalue weighted by Gasteiger charge is -2.22. The van der Waals surface area contributed by atoms with E-state index in [-0.39, 0.29) is 18.5 Å². The minimum Gasteiger partial charge on any atom is -0.459 e. The Morgan fingerprint density at radius 3 is 2.28 bits per heavy atom. The van der Waals surface area contributed by atoms with Crippen molar-refractivity contribution in [3.63, 3.8) is 0 Å². The zero-order valence-corrected chi connectivity index (χ0v) is 16.6. The molecule has 0 saturated carbocycles. The highest BCUT2D eigenvalue weighted by Crippen LogP contribution is 2.25. The topological polar surface area (TPSA) is 62.1 Å². The largest absolute Gasteiger partial charge is 0.459 e. The maximum absolute atomic E-state index is 12.6. The van der Waals surface area contributed by atoms with E-state index in [1.165, 1.54) is 0 Å². The van der Waals surface area contributed by atoms with Gasteiger partial charge in [-0.05, 0) is 40.8 Å². The smallest absolute Gasteiger partial charge is 0.329 e. The number of rotatable bonds is 7. The summed E-state index contributed by atoms with van der Waals surface area (Å²) in [4.78, 5) is 12.6. The number of hydrogen-bond donors (Lipinski definition) is 1. The molecule has 0 amide bonds. The summed E-state index contributed by atoms with van der Waals surface area (Å²) in [5.74, 6) is -0.208. The Kier molecular flexibility index (Phi) is 6.65. The van der Waals surface area contributed by atoms with Crippen molar-refractivity contribution >= 4 is 11.7 Å². The van der Waals surface area contributed by atoms with Crippen LogP contribution < -0.4 is 5.32 Å². The minimum atomic E-state index is -0.448. The van der Waals surface area contributed by atoms with Crippen molar-refractivity contribution in [1.82, 2.24) is 0 Å². The van der Waals surface area contributed by atoms with Crippen LogP contribution in [0.4, 0.5) is 5.69 Å². The number of carbonyl (C=O) groups is 1. The van der Waals surface area contributed by atoms with E-state index in [1.54, 1.807) is 6.07 Å². The van der Waals surface area contributed by atoms with Gasteiger partial charge in [-0.2, -0.15) is 5.26 Å². The van der Waals surface area contributed by atoms with E-state index in [0.29, 0.717) is 5.56 Å². The van der Waals surface area contributed by atoms with Gasteiger partial charge in [-0.25, -0.2) is 4.79 Å². The van der Waals surface area contributed by atoms with Crippen LogP contribution in [-0.4, -0.2) is 12.0 Å². The first-order valence-electron chi connectivity index (χ1n) is 9.65. The number of nitrogens with zero attached hydrogens (tertiary/aromatic N) is 1. The fourth-order valence-electron chi connectivity index (χ4n) is 3.07. The zero-order chi connectivity index (χ0) is 20.6. The average molecular weight is 384 g/mol. The summed E-state index contributed by atoms with van der Waals surface area (Å²) in [6.07, 6.45) is 0. The summed E-state index contributed by atoms with van der Waals surface area (Å²) >= 11 is 0. The van der Waals surface area contributed by atoms with Gasteiger partial charge in [0.15, 0.2) is 0 Å². The number of benzene rings is 3. The van der Waals surface area contributed by atoms with Gasteiger partial charge in [0.05, 0.1) is 11.6 Å². The molecule has 1 N–H and O–H groups in total. The van der Waals surface area contributed by atoms with Crippen LogP contribution in [0.2, 0.25) is 0 Å². The van der Waals surface area contributed by atoms with Crippen LogP contribution in [0.3, 0.4) is 0 Å². The fourth-order valence-corrected chi connectivity index (χ4v) is 3.07. The Bertz CT molecular complexity index is 989. The van der Waals surface area contributed by atoms with Crippen molar-refractivity contribution in [2.75, 3.05) is 5.32 Å². The van der Waals surface area contributed by atoms with Gasteiger partial charge < -0.3 is 10.1 Å². The highest BCUT2D eigenvalue weighted by atomic mass is 16.5. The predicted molar refractivity (Wildman–Crippen MR) is 115 cm³/mol. The molecule has 0 aliphatic heterocycles. The quantitative estimate of drug-likeness (QED) is 0.554. The van der Waals surface area contributed by atoms with Crippen LogP contribution in [0, 0.1) is 17.2 Å². The van der Waals surface area contributed by atoms with Crippen molar-refractivity contribution in [3.8, 4) is 17.2 Å². The Hall–Kier alpha value is -3.58. The first-order chi connectivity index (χ1) is 14.1. The van der Waals surface area contributed by atoms with E-state index in [0.717, 1.165) is 22.4 Å². The molecule has 3 aromatic rings. The van der Waals surface area contributed by atoms with Gasteiger partial charge >= 0.3 is 5.97 Å². The van der Waals surface area contributed by atoms with Crippen molar-refractivity contribution in [3.05, 3.63) is 90.0 Å². The van der Waals surface area contributed by atoms with Crippen LogP contribution >= 0.6 is 0 Å². The number of esters is 1. The monoisotopic (exact) mass is 384 g/mol. The van der Waals surface area contributed by atoms with Gasteiger partial charge in [0.1, 0.15) is 12.6 Å². The maximum Gasteiger partial charge on any atom is 0.329 e. The Labute approximate surface area is 171 Å². The van der Waals surface area contributed by atoms with Gasteiger partial charge in [-0.3, -0.25) is 0 Å². The van der Waals surface area contributed by atoms with Crippen LogP contribution in [0.5, 0.6) is 0 Å². The van der Waals surface area contributed by atoms with Gasteiger partial charge in [-0.15, -0.1) is 0 Å². The van der Waals surface area contributed by atoms with Gasteiger partial charge in [0.25, 0.3) is 0 Å². The highest BCUT2D eigenvalue weighted by molar-refractivity contribution is 5.80. The van der Waals surface area contributed by atoms with Gasteiger partial charge in [0, 0.05) is 5.69 Å². The summed E-state index contributed by atoms with van der Waals surface area (Å²) in [7, 11) is 0. The first kappa shape index (κ1) is 20.2. The molecule has 0 spiro atoms. The average Bonchev–Trinajstić information content (AvgIpc) is 2.76. The second-order valence-corrected chi connectivity index (χ2v) is 7.19. The van der Waals surface area contributed by atoms with E-state index in [1.807, 2.05) is 86.6 Å². The SMILES string of the molecule is CC(C)C(Nc1ccc(-c2ccccc2C#N)cc1)C(=O)OCc1ccccc1. The van der Waals surface area contributed by atoms with Gasteiger partial charge in [0.2, 0.25) is 0 Å². The molecule has 0 saturated heterocycles. The van der Waals surface area contributed by atoms with E-state index < -0.39 is 6.04 Å². The van der Waals surface area contributed by atoms with E-state index >= 15 is 0 Å². The lowest BCUT2D eigenvalue weighted by molar-refractivity contribution is -0.146. The predicted octanol–water partition coefficient (Wildman–Crippen LogP) is 5.41. The molecular weight excluding hydrogens is 360 g/mol. The molecule has 0 fully saturated rings. The third kappa shape index (κ3) is 5.24. The zero-order valence-electron chi connectivity index (χ0n) is 16.6. The molecule has 0 aliphatic carbocycles. The third-order valence-electron chi connectivity index (χ3n) is 4.71. The molecule has 4 heteroatoms. The summed E-state index contributed by atoms with van der Waals surface area (Å²) in [6.45, 7) is 4.23. The van der Waals surface area contributed by atoms with Crippen molar-refractivity contribution in [2.45, 2.75) is 26.5 Å². The molecule has 0 heterocycles. The fraction of sp³-hybridized carbons (Fsp3) is 0.200. The molecule has 0 aromatic heterocycles.